The van der Waals surface area contributed by atoms with Gasteiger partial charge >= 0.3 is 0 Å². The summed E-state index contributed by atoms with van der Waals surface area (Å²) in [4.78, 5) is 21.1. The lowest BCUT2D eigenvalue weighted by Crippen LogP contribution is -2.42. The van der Waals surface area contributed by atoms with Crippen LogP contribution in [0, 0.1) is 0 Å². The lowest BCUT2D eigenvalue weighted by atomic mass is 10.4. The molecule has 132 valence electrons. The van der Waals surface area contributed by atoms with E-state index in [1.807, 2.05) is 24.3 Å². The number of aliphatic imine (C=N–C) groups is 1. The highest BCUT2D eigenvalue weighted by molar-refractivity contribution is 7.99. The number of rotatable bonds is 7. The van der Waals surface area contributed by atoms with Crippen LogP contribution in [-0.2, 0) is 4.79 Å². The number of benzene rings is 1. The first-order valence-electron chi connectivity index (χ1n) is 7.70. The summed E-state index contributed by atoms with van der Waals surface area (Å²) in [6, 6.07) is 11.3. The fourth-order valence-corrected chi connectivity index (χ4v) is 2.79. The Bertz CT molecular complexity index is 694. The second-order valence-electron chi connectivity index (χ2n) is 4.94. The number of thioether (sulfide) groups is 1. The van der Waals surface area contributed by atoms with Gasteiger partial charge in [0, 0.05) is 35.5 Å². The molecule has 1 amide bonds. The van der Waals surface area contributed by atoms with Gasteiger partial charge in [-0.2, -0.15) is 0 Å². The SMILES string of the molecule is CN=C(NCCSc1ccc(Cl)cc1)NCC(=O)Nc1cccnc1. The third kappa shape index (κ3) is 7.45. The normalized spacial score (nSPS) is 11.0. The molecular weight excluding hydrogens is 358 g/mol. The number of hydrogen-bond donors (Lipinski definition) is 3. The largest absolute Gasteiger partial charge is 0.356 e. The first kappa shape index (κ1) is 19.1. The molecule has 0 aliphatic heterocycles. The molecule has 25 heavy (non-hydrogen) atoms. The molecule has 2 aromatic rings. The van der Waals surface area contributed by atoms with E-state index in [1.54, 1.807) is 43.3 Å². The predicted molar refractivity (Wildman–Crippen MR) is 104 cm³/mol. The van der Waals surface area contributed by atoms with Crippen LogP contribution in [0.3, 0.4) is 0 Å². The molecule has 0 fully saturated rings. The van der Waals surface area contributed by atoms with Crippen molar-refractivity contribution in [1.29, 1.82) is 0 Å². The van der Waals surface area contributed by atoms with Gasteiger partial charge in [0.2, 0.25) is 5.91 Å². The number of nitrogens with zero attached hydrogens (tertiary/aromatic N) is 2. The van der Waals surface area contributed by atoms with Gasteiger partial charge in [0.15, 0.2) is 5.96 Å². The summed E-state index contributed by atoms with van der Waals surface area (Å²) in [7, 11) is 1.67. The molecule has 0 saturated heterocycles. The Morgan fingerprint density at radius 1 is 1.24 bits per heavy atom. The molecule has 0 spiro atoms. The number of carbonyl (C=O) groups is 1. The van der Waals surface area contributed by atoms with E-state index < -0.39 is 0 Å². The van der Waals surface area contributed by atoms with E-state index >= 15 is 0 Å². The van der Waals surface area contributed by atoms with Crippen LogP contribution >= 0.6 is 23.4 Å². The fourth-order valence-electron chi connectivity index (χ4n) is 1.90. The van der Waals surface area contributed by atoms with E-state index in [4.69, 9.17) is 11.6 Å². The van der Waals surface area contributed by atoms with Crippen molar-refractivity contribution in [3.05, 3.63) is 53.8 Å². The van der Waals surface area contributed by atoms with Crippen molar-refractivity contribution >= 4 is 40.9 Å². The molecule has 0 unspecified atom stereocenters. The Labute approximate surface area is 156 Å². The zero-order chi connectivity index (χ0) is 17.9. The van der Waals surface area contributed by atoms with Crippen LogP contribution in [0.1, 0.15) is 0 Å². The number of hydrogen-bond acceptors (Lipinski definition) is 4. The van der Waals surface area contributed by atoms with Gasteiger partial charge in [0.1, 0.15) is 0 Å². The zero-order valence-electron chi connectivity index (χ0n) is 13.8. The lowest BCUT2D eigenvalue weighted by Gasteiger charge is -2.12. The van der Waals surface area contributed by atoms with E-state index in [9.17, 15) is 4.79 Å². The number of nitrogens with one attached hydrogen (secondary N) is 3. The maximum atomic E-state index is 11.9. The Morgan fingerprint density at radius 3 is 2.72 bits per heavy atom. The number of halogens is 1. The van der Waals surface area contributed by atoms with E-state index in [1.165, 1.54) is 0 Å². The van der Waals surface area contributed by atoms with Gasteiger partial charge in [-0.15, -0.1) is 11.8 Å². The summed E-state index contributed by atoms with van der Waals surface area (Å²) in [5, 5.41) is 9.63. The monoisotopic (exact) mass is 377 g/mol. The number of carbonyl (C=O) groups excluding carboxylic acids is 1. The summed E-state index contributed by atoms with van der Waals surface area (Å²) in [6.07, 6.45) is 3.25. The summed E-state index contributed by atoms with van der Waals surface area (Å²) in [5.41, 5.74) is 0.664. The molecule has 0 aliphatic carbocycles. The number of pyridine rings is 1. The molecule has 1 aromatic carbocycles. The second kappa shape index (κ2) is 10.6. The highest BCUT2D eigenvalue weighted by Gasteiger charge is 2.04. The molecule has 2 rings (SSSR count). The van der Waals surface area contributed by atoms with Gasteiger partial charge in [-0.3, -0.25) is 14.8 Å². The number of amides is 1. The molecule has 1 aromatic heterocycles. The fraction of sp³-hybridized carbons (Fsp3) is 0.235. The van der Waals surface area contributed by atoms with Crippen molar-refractivity contribution in [1.82, 2.24) is 15.6 Å². The molecule has 0 saturated carbocycles. The average molecular weight is 378 g/mol. The molecule has 0 bridgehead atoms. The number of anilines is 1. The third-order valence-electron chi connectivity index (χ3n) is 3.06. The second-order valence-corrected chi connectivity index (χ2v) is 6.55. The van der Waals surface area contributed by atoms with Crippen molar-refractivity contribution in [3.63, 3.8) is 0 Å². The van der Waals surface area contributed by atoms with Crippen molar-refractivity contribution < 1.29 is 4.79 Å². The summed E-state index contributed by atoms with van der Waals surface area (Å²) < 4.78 is 0. The van der Waals surface area contributed by atoms with Crippen LogP contribution in [0.5, 0.6) is 0 Å². The van der Waals surface area contributed by atoms with Gasteiger partial charge in [-0.05, 0) is 36.4 Å². The van der Waals surface area contributed by atoms with Gasteiger partial charge < -0.3 is 16.0 Å². The summed E-state index contributed by atoms with van der Waals surface area (Å²) in [6.45, 7) is 0.843. The highest BCUT2D eigenvalue weighted by Crippen LogP contribution is 2.19. The molecular formula is C17H20ClN5OS. The molecule has 8 heteroatoms. The maximum Gasteiger partial charge on any atom is 0.243 e. The maximum absolute atomic E-state index is 11.9. The summed E-state index contributed by atoms with van der Waals surface area (Å²) >= 11 is 7.58. The molecule has 6 nitrogen and oxygen atoms in total. The first-order chi connectivity index (χ1) is 12.2. The average Bonchev–Trinajstić information content (AvgIpc) is 2.63. The highest BCUT2D eigenvalue weighted by atomic mass is 35.5. The third-order valence-corrected chi connectivity index (χ3v) is 4.33. The predicted octanol–water partition coefficient (Wildman–Crippen LogP) is 2.63. The Kier molecular flexibility index (Phi) is 8.08. The Morgan fingerprint density at radius 2 is 2.04 bits per heavy atom. The first-order valence-corrected chi connectivity index (χ1v) is 9.06. The smallest absolute Gasteiger partial charge is 0.243 e. The molecule has 1 heterocycles. The minimum atomic E-state index is -0.161. The quantitative estimate of drug-likeness (QED) is 0.299. The van der Waals surface area contributed by atoms with Crippen LogP contribution in [0.25, 0.3) is 0 Å². The van der Waals surface area contributed by atoms with Crippen LogP contribution in [0.15, 0.2) is 58.7 Å². The molecule has 0 atom stereocenters. The van der Waals surface area contributed by atoms with Crippen molar-refractivity contribution in [2.45, 2.75) is 4.90 Å². The lowest BCUT2D eigenvalue weighted by molar-refractivity contribution is -0.115. The Hall–Kier alpha value is -2.25. The van der Waals surface area contributed by atoms with Gasteiger partial charge in [0.25, 0.3) is 0 Å². The van der Waals surface area contributed by atoms with E-state index in [2.05, 4.69) is 25.9 Å². The van der Waals surface area contributed by atoms with Crippen molar-refractivity contribution in [2.24, 2.45) is 4.99 Å². The standard InChI is InChI=1S/C17H20ClN5OS/c1-19-17(21-9-10-25-15-6-4-13(18)5-7-15)22-12-16(24)23-14-3-2-8-20-11-14/h2-8,11H,9-10,12H2,1H3,(H,23,24)(H2,19,21,22). The number of aromatic nitrogens is 1. The van der Waals surface area contributed by atoms with Crippen LogP contribution in [0.4, 0.5) is 5.69 Å². The van der Waals surface area contributed by atoms with Crippen LogP contribution in [-0.4, -0.2) is 42.7 Å². The van der Waals surface area contributed by atoms with Gasteiger partial charge in [0.05, 0.1) is 18.4 Å². The van der Waals surface area contributed by atoms with E-state index in [0.717, 1.165) is 22.2 Å². The van der Waals surface area contributed by atoms with Crippen molar-refractivity contribution in [2.75, 3.05) is 31.2 Å². The van der Waals surface area contributed by atoms with Gasteiger partial charge in [-0.1, -0.05) is 11.6 Å². The summed E-state index contributed by atoms with van der Waals surface area (Å²) in [5.74, 6) is 1.29. The van der Waals surface area contributed by atoms with Crippen LogP contribution < -0.4 is 16.0 Å². The van der Waals surface area contributed by atoms with Gasteiger partial charge in [-0.25, -0.2) is 0 Å². The van der Waals surface area contributed by atoms with Crippen LogP contribution in [0.2, 0.25) is 5.02 Å². The minimum Gasteiger partial charge on any atom is -0.356 e. The molecule has 3 N–H and O–H groups in total. The topological polar surface area (TPSA) is 78.4 Å². The number of guanidine groups is 1. The van der Waals surface area contributed by atoms with E-state index in [0.29, 0.717) is 11.6 Å². The van der Waals surface area contributed by atoms with Crippen molar-refractivity contribution in [3.8, 4) is 0 Å². The Balaban J connectivity index is 1.64. The zero-order valence-corrected chi connectivity index (χ0v) is 15.4. The molecule has 0 aliphatic rings. The van der Waals surface area contributed by atoms with E-state index in [-0.39, 0.29) is 12.5 Å². The minimum absolute atomic E-state index is 0.124. The molecule has 0 radical (unpaired) electrons.